The summed E-state index contributed by atoms with van der Waals surface area (Å²) in [5.74, 6) is 0. The van der Waals surface area contributed by atoms with E-state index in [-0.39, 0.29) is 6.61 Å². The topological polar surface area (TPSA) is 53.3 Å². The standard InChI is InChI=1S/C13H16N2O2/c1-3-12(9-14)15(2)13(16)17-10-11-7-5-4-6-8-11/h4-8,12H,3,10H2,1-2H3. The predicted molar refractivity (Wildman–Crippen MR) is 64.1 cm³/mol. The third-order valence-electron chi connectivity index (χ3n) is 2.50. The Morgan fingerprint density at radius 1 is 1.47 bits per heavy atom. The van der Waals surface area contributed by atoms with Crippen LogP contribution < -0.4 is 0 Å². The van der Waals surface area contributed by atoms with Crippen molar-refractivity contribution in [3.8, 4) is 6.07 Å². The SMILES string of the molecule is CCC(C#N)N(C)C(=O)OCc1ccccc1. The van der Waals surface area contributed by atoms with Gasteiger partial charge in [0.15, 0.2) is 0 Å². The number of ether oxygens (including phenoxy) is 1. The summed E-state index contributed by atoms with van der Waals surface area (Å²) in [6.45, 7) is 2.08. The van der Waals surface area contributed by atoms with Crippen molar-refractivity contribution in [2.45, 2.75) is 26.0 Å². The van der Waals surface area contributed by atoms with Crippen LogP contribution in [0.5, 0.6) is 0 Å². The minimum atomic E-state index is -0.470. The van der Waals surface area contributed by atoms with E-state index in [1.807, 2.05) is 37.3 Å². The third-order valence-corrected chi connectivity index (χ3v) is 2.50. The van der Waals surface area contributed by atoms with E-state index in [0.717, 1.165) is 5.56 Å². The minimum absolute atomic E-state index is 0.228. The smallest absolute Gasteiger partial charge is 0.410 e. The van der Waals surface area contributed by atoms with Gasteiger partial charge in [-0.05, 0) is 12.0 Å². The molecule has 0 heterocycles. The molecular weight excluding hydrogens is 216 g/mol. The van der Waals surface area contributed by atoms with Gasteiger partial charge in [-0.25, -0.2) is 4.79 Å². The highest BCUT2D eigenvalue weighted by Gasteiger charge is 2.18. The molecular formula is C13H16N2O2. The van der Waals surface area contributed by atoms with Crippen molar-refractivity contribution in [2.75, 3.05) is 7.05 Å². The summed E-state index contributed by atoms with van der Waals surface area (Å²) in [5.41, 5.74) is 0.930. The van der Waals surface area contributed by atoms with Crippen molar-refractivity contribution in [1.29, 1.82) is 5.26 Å². The molecule has 0 saturated heterocycles. The fourth-order valence-corrected chi connectivity index (χ4v) is 1.40. The van der Waals surface area contributed by atoms with Crippen LogP contribution in [0, 0.1) is 11.3 Å². The number of rotatable bonds is 4. The lowest BCUT2D eigenvalue weighted by atomic mass is 10.2. The maximum atomic E-state index is 11.6. The second-order valence-electron chi connectivity index (χ2n) is 3.70. The molecule has 0 aromatic heterocycles. The molecule has 0 aliphatic carbocycles. The largest absolute Gasteiger partial charge is 0.445 e. The van der Waals surface area contributed by atoms with Gasteiger partial charge in [0.25, 0.3) is 0 Å². The number of amides is 1. The van der Waals surface area contributed by atoms with Crippen LogP contribution >= 0.6 is 0 Å². The first kappa shape index (κ1) is 13.0. The van der Waals surface area contributed by atoms with Gasteiger partial charge in [-0.2, -0.15) is 5.26 Å². The Balaban J connectivity index is 2.48. The molecule has 4 nitrogen and oxygen atoms in total. The fourth-order valence-electron chi connectivity index (χ4n) is 1.40. The number of hydrogen-bond acceptors (Lipinski definition) is 3. The summed E-state index contributed by atoms with van der Waals surface area (Å²) in [6, 6.07) is 11.1. The second kappa shape index (κ2) is 6.54. The molecule has 0 radical (unpaired) electrons. The van der Waals surface area contributed by atoms with Crippen LogP contribution in [-0.4, -0.2) is 24.1 Å². The highest BCUT2D eigenvalue weighted by atomic mass is 16.6. The predicted octanol–water partition coefficient (Wildman–Crippen LogP) is 2.56. The summed E-state index contributed by atoms with van der Waals surface area (Å²) >= 11 is 0. The van der Waals surface area contributed by atoms with E-state index in [4.69, 9.17) is 10.00 Å². The number of benzene rings is 1. The van der Waals surface area contributed by atoms with Crippen molar-refractivity contribution in [3.63, 3.8) is 0 Å². The van der Waals surface area contributed by atoms with E-state index < -0.39 is 12.1 Å². The Bertz CT molecular complexity index is 398. The molecule has 0 fully saturated rings. The Morgan fingerprint density at radius 3 is 2.65 bits per heavy atom. The van der Waals surface area contributed by atoms with Crippen LogP contribution in [0.3, 0.4) is 0 Å². The van der Waals surface area contributed by atoms with Crippen LogP contribution in [-0.2, 0) is 11.3 Å². The molecule has 4 heteroatoms. The van der Waals surface area contributed by atoms with Gasteiger partial charge in [0.2, 0.25) is 0 Å². The fraction of sp³-hybridized carbons (Fsp3) is 0.385. The summed E-state index contributed by atoms with van der Waals surface area (Å²) in [4.78, 5) is 13.0. The molecule has 1 amide bonds. The van der Waals surface area contributed by atoms with Gasteiger partial charge in [0.05, 0.1) is 6.07 Å². The molecule has 0 bridgehead atoms. The van der Waals surface area contributed by atoms with E-state index in [9.17, 15) is 4.79 Å². The first-order valence-corrected chi connectivity index (χ1v) is 5.52. The summed E-state index contributed by atoms with van der Waals surface area (Å²) in [5, 5.41) is 8.83. The number of carbonyl (C=O) groups excluding carboxylic acids is 1. The molecule has 1 rings (SSSR count). The number of nitriles is 1. The molecule has 1 unspecified atom stereocenters. The lowest BCUT2D eigenvalue weighted by molar-refractivity contribution is 0.0974. The van der Waals surface area contributed by atoms with Crippen molar-refractivity contribution in [2.24, 2.45) is 0 Å². The first-order valence-electron chi connectivity index (χ1n) is 5.52. The molecule has 0 N–H and O–H groups in total. The Hall–Kier alpha value is -2.02. The van der Waals surface area contributed by atoms with Crippen molar-refractivity contribution < 1.29 is 9.53 Å². The lowest BCUT2D eigenvalue weighted by Crippen LogP contribution is -2.36. The van der Waals surface area contributed by atoms with Crippen molar-refractivity contribution in [1.82, 2.24) is 4.90 Å². The van der Waals surface area contributed by atoms with Gasteiger partial charge in [0, 0.05) is 7.05 Å². The van der Waals surface area contributed by atoms with Gasteiger partial charge in [-0.1, -0.05) is 37.3 Å². The zero-order chi connectivity index (χ0) is 12.7. The van der Waals surface area contributed by atoms with Gasteiger partial charge >= 0.3 is 6.09 Å². The van der Waals surface area contributed by atoms with Gasteiger partial charge in [-0.3, -0.25) is 4.90 Å². The second-order valence-corrected chi connectivity index (χ2v) is 3.70. The van der Waals surface area contributed by atoms with Crippen LogP contribution in [0.25, 0.3) is 0 Å². The zero-order valence-corrected chi connectivity index (χ0v) is 10.1. The lowest BCUT2D eigenvalue weighted by Gasteiger charge is -2.20. The summed E-state index contributed by atoms with van der Waals surface area (Å²) in [7, 11) is 1.57. The molecule has 0 saturated carbocycles. The zero-order valence-electron chi connectivity index (χ0n) is 10.1. The highest BCUT2D eigenvalue weighted by molar-refractivity contribution is 5.68. The maximum absolute atomic E-state index is 11.6. The van der Waals surface area contributed by atoms with Crippen LogP contribution in [0.1, 0.15) is 18.9 Å². The molecule has 90 valence electrons. The van der Waals surface area contributed by atoms with Crippen LogP contribution in [0.2, 0.25) is 0 Å². The molecule has 0 spiro atoms. The van der Waals surface area contributed by atoms with E-state index in [1.54, 1.807) is 7.05 Å². The summed E-state index contributed by atoms with van der Waals surface area (Å²) in [6.07, 6.45) is 0.121. The van der Waals surface area contributed by atoms with Gasteiger partial charge in [-0.15, -0.1) is 0 Å². The third kappa shape index (κ3) is 3.80. The van der Waals surface area contributed by atoms with E-state index in [0.29, 0.717) is 6.42 Å². The molecule has 1 aromatic rings. The average Bonchev–Trinajstić information content (AvgIpc) is 2.38. The van der Waals surface area contributed by atoms with E-state index in [1.165, 1.54) is 4.90 Å². The van der Waals surface area contributed by atoms with Crippen LogP contribution in [0.4, 0.5) is 4.79 Å². The average molecular weight is 232 g/mol. The van der Waals surface area contributed by atoms with Crippen molar-refractivity contribution >= 4 is 6.09 Å². The van der Waals surface area contributed by atoms with Gasteiger partial charge < -0.3 is 4.74 Å². The Morgan fingerprint density at radius 2 is 2.12 bits per heavy atom. The minimum Gasteiger partial charge on any atom is -0.445 e. The molecule has 1 aromatic carbocycles. The van der Waals surface area contributed by atoms with Gasteiger partial charge in [0.1, 0.15) is 12.6 Å². The molecule has 1 atom stereocenters. The normalized spacial score (nSPS) is 11.4. The number of hydrogen-bond donors (Lipinski definition) is 0. The van der Waals surface area contributed by atoms with E-state index in [2.05, 4.69) is 6.07 Å². The Labute approximate surface area is 101 Å². The highest BCUT2D eigenvalue weighted by Crippen LogP contribution is 2.06. The Kier molecular flexibility index (Phi) is 5.02. The summed E-state index contributed by atoms with van der Waals surface area (Å²) < 4.78 is 5.11. The number of carbonyl (C=O) groups is 1. The number of nitrogens with zero attached hydrogens (tertiary/aromatic N) is 2. The molecule has 0 aliphatic heterocycles. The van der Waals surface area contributed by atoms with Crippen LogP contribution in [0.15, 0.2) is 30.3 Å². The van der Waals surface area contributed by atoms with E-state index >= 15 is 0 Å². The maximum Gasteiger partial charge on any atom is 0.410 e. The first-order chi connectivity index (χ1) is 8.19. The molecule has 17 heavy (non-hydrogen) atoms. The monoisotopic (exact) mass is 232 g/mol. The van der Waals surface area contributed by atoms with Crippen molar-refractivity contribution in [3.05, 3.63) is 35.9 Å². The quantitative estimate of drug-likeness (QED) is 0.801. The molecule has 0 aliphatic rings.